The van der Waals surface area contributed by atoms with E-state index in [0.717, 1.165) is 23.9 Å². The summed E-state index contributed by atoms with van der Waals surface area (Å²) in [4.78, 5) is 14.2. The molecule has 4 heteroatoms. The standard InChI is InChI=1S/C16H22BrNO2/c1-11-7-8-13(17)12(10-11)14-6-5-9-18(14)15(19)20-16(2,3)4/h7-8,10,14H,5-6,9H2,1-4H3. The summed E-state index contributed by atoms with van der Waals surface area (Å²) in [5.41, 5.74) is 1.93. The lowest BCUT2D eigenvalue weighted by Gasteiger charge is -2.29. The third kappa shape index (κ3) is 3.54. The maximum Gasteiger partial charge on any atom is 0.410 e. The molecule has 0 aliphatic carbocycles. The van der Waals surface area contributed by atoms with E-state index in [1.165, 1.54) is 11.1 Å². The van der Waals surface area contributed by atoms with Crippen LogP contribution in [-0.2, 0) is 4.74 Å². The molecule has 0 saturated carbocycles. The molecule has 1 atom stereocenters. The van der Waals surface area contributed by atoms with Gasteiger partial charge in [-0.3, -0.25) is 0 Å². The number of carbonyl (C=O) groups excluding carboxylic acids is 1. The summed E-state index contributed by atoms with van der Waals surface area (Å²) in [6, 6.07) is 6.38. The van der Waals surface area contributed by atoms with Crippen LogP contribution in [0.5, 0.6) is 0 Å². The van der Waals surface area contributed by atoms with Gasteiger partial charge in [-0.1, -0.05) is 33.6 Å². The van der Waals surface area contributed by atoms with E-state index in [-0.39, 0.29) is 12.1 Å². The van der Waals surface area contributed by atoms with Gasteiger partial charge in [0.2, 0.25) is 0 Å². The molecule has 1 aromatic rings. The van der Waals surface area contributed by atoms with Crippen LogP contribution in [0.2, 0.25) is 0 Å². The average Bonchev–Trinajstić information content (AvgIpc) is 2.79. The highest BCUT2D eigenvalue weighted by atomic mass is 79.9. The van der Waals surface area contributed by atoms with E-state index in [1.54, 1.807) is 0 Å². The van der Waals surface area contributed by atoms with Crippen molar-refractivity contribution < 1.29 is 9.53 Å². The lowest BCUT2D eigenvalue weighted by molar-refractivity contribution is 0.0224. The molecule has 1 saturated heterocycles. The van der Waals surface area contributed by atoms with Crippen LogP contribution in [0.4, 0.5) is 4.79 Å². The van der Waals surface area contributed by atoms with Crippen molar-refractivity contribution in [2.24, 2.45) is 0 Å². The Kier molecular flexibility index (Phi) is 4.43. The van der Waals surface area contributed by atoms with E-state index >= 15 is 0 Å². The van der Waals surface area contributed by atoms with Crippen molar-refractivity contribution in [3.8, 4) is 0 Å². The fourth-order valence-corrected chi connectivity index (χ4v) is 3.06. The molecule has 0 radical (unpaired) electrons. The van der Waals surface area contributed by atoms with Gasteiger partial charge in [0.15, 0.2) is 0 Å². The van der Waals surface area contributed by atoms with E-state index in [4.69, 9.17) is 4.74 Å². The normalized spacial score (nSPS) is 19.2. The quantitative estimate of drug-likeness (QED) is 0.733. The van der Waals surface area contributed by atoms with Crippen LogP contribution in [0.25, 0.3) is 0 Å². The Morgan fingerprint density at radius 1 is 1.40 bits per heavy atom. The molecular weight excluding hydrogens is 318 g/mol. The number of likely N-dealkylation sites (tertiary alicyclic amines) is 1. The first-order valence-corrected chi connectivity index (χ1v) is 7.83. The summed E-state index contributed by atoms with van der Waals surface area (Å²) in [6.45, 7) is 8.54. The monoisotopic (exact) mass is 339 g/mol. The number of benzene rings is 1. The summed E-state index contributed by atoms with van der Waals surface area (Å²) >= 11 is 3.60. The van der Waals surface area contributed by atoms with Crippen LogP contribution in [0, 0.1) is 6.92 Å². The lowest BCUT2D eigenvalue weighted by atomic mass is 10.0. The maximum absolute atomic E-state index is 12.3. The Labute approximate surface area is 129 Å². The first-order chi connectivity index (χ1) is 9.28. The van der Waals surface area contributed by atoms with Crippen LogP contribution >= 0.6 is 15.9 Å². The number of hydrogen-bond acceptors (Lipinski definition) is 2. The molecule has 0 aromatic heterocycles. The van der Waals surface area contributed by atoms with Gasteiger partial charge in [0.1, 0.15) is 5.60 Å². The second-order valence-electron chi connectivity index (χ2n) is 6.36. The molecule has 1 aliphatic heterocycles. The van der Waals surface area contributed by atoms with E-state index in [0.29, 0.717) is 0 Å². The highest BCUT2D eigenvalue weighted by molar-refractivity contribution is 9.10. The van der Waals surface area contributed by atoms with Crippen LogP contribution in [0.1, 0.15) is 50.8 Å². The number of carbonyl (C=O) groups is 1. The van der Waals surface area contributed by atoms with Gasteiger partial charge in [-0.05, 0) is 52.2 Å². The Balaban J connectivity index is 2.23. The van der Waals surface area contributed by atoms with Crippen molar-refractivity contribution in [1.82, 2.24) is 4.90 Å². The first kappa shape index (κ1) is 15.4. The zero-order chi connectivity index (χ0) is 14.9. The Morgan fingerprint density at radius 3 is 2.75 bits per heavy atom. The molecule has 0 spiro atoms. The predicted molar refractivity (Wildman–Crippen MR) is 83.8 cm³/mol. The highest BCUT2D eigenvalue weighted by Gasteiger charge is 2.34. The average molecular weight is 340 g/mol. The van der Waals surface area contributed by atoms with Gasteiger partial charge in [-0.15, -0.1) is 0 Å². The van der Waals surface area contributed by atoms with Gasteiger partial charge < -0.3 is 9.64 Å². The molecule has 3 nitrogen and oxygen atoms in total. The molecule has 1 amide bonds. The van der Waals surface area contributed by atoms with Crippen molar-refractivity contribution in [3.63, 3.8) is 0 Å². The van der Waals surface area contributed by atoms with Crippen LogP contribution in [-0.4, -0.2) is 23.1 Å². The fourth-order valence-electron chi connectivity index (χ4n) is 2.55. The molecule has 0 bridgehead atoms. The molecule has 2 rings (SSSR count). The topological polar surface area (TPSA) is 29.5 Å². The Bertz CT molecular complexity index is 508. The highest BCUT2D eigenvalue weighted by Crippen LogP contribution is 2.37. The number of hydrogen-bond donors (Lipinski definition) is 0. The van der Waals surface area contributed by atoms with Crippen molar-refractivity contribution in [2.45, 2.75) is 52.2 Å². The van der Waals surface area contributed by atoms with Crippen molar-refractivity contribution in [1.29, 1.82) is 0 Å². The van der Waals surface area contributed by atoms with E-state index in [1.807, 2.05) is 25.7 Å². The van der Waals surface area contributed by atoms with E-state index < -0.39 is 5.60 Å². The minimum Gasteiger partial charge on any atom is -0.444 e. The summed E-state index contributed by atoms with van der Waals surface area (Å²) in [6.07, 6.45) is 1.79. The third-order valence-electron chi connectivity index (χ3n) is 3.39. The summed E-state index contributed by atoms with van der Waals surface area (Å²) in [7, 11) is 0. The van der Waals surface area contributed by atoms with Crippen LogP contribution < -0.4 is 0 Å². The molecule has 0 N–H and O–H groups in total. The van der Waals surface area contributed by atoms with Gasteiger partial charge in [0.25, 0.3) is 0 Å². The summed E-state index contributed by atoms with van der Waals surface area (Å²) in [5, 5.41) is 0. The Morgan fingerprint density at radius 2 is 2.10 bits per heavy atom. The lowest BCUT2D eigenvalue weighted by Crippen LogP contribution is -2.36. The van der Waals surface area contributed by atoms with Gasteiger partial charge in [-0.2, -0.15) is 0 Å². The number of aryl methyl sites for hydroxylation is 1. The zero-order valence-electron chi connectivity index (χ0n) is 12.6. The van der Waals surface area contributed by atoms with Gasteiger partial charge in [0, 0.05) is 11.0 Å². The molecule has 1 fully saturated rings. The smallest absolute Gasteiger partial charge is 0.410 e. The van der Waals surface area contributed by atoms with Crippen molar-refractivity contribution in [2.75, 3.05) is 6.54 Å². The second-order valence-corrected chi connectivity index (χ2v) is 7.21. The maximum atomic E-state index is 12.3. The molecule has 1 heterocycles. The van der Waals surface area contributed by atoms with Gasteiger partial charge >= 0.3 is 6.09 Å². The summed E-state index contributed by atoms with van der Waals surface area (Å²) in [5.74, 6) is 0. The van der Waals surface area contributed by atoms with Crippen LogP contribution in [0.3, 0.4) is 0 Å². The van der Waals surface area contributed by atoms with Crippen molar-refractivity contribution in [3.05, 3.63) is 33.8 Å². The summed E-state index contributed by atoms with van der Waals surface area (Å²) < 4.78 is 6.57. The molecular formula is C16H22BrNO2. The van der Waals surface area contributed by atoms with E-state index in [9.17, 15) is 4.79 Å². The Hall–Kier alpha value is -1.03. The molecule has 110 valence electrons. The number of amides is 1. The minimum atomic E-state index is -0.450. The molecule has 1 aliphatic rings. The van der Waals surface area contributed by atoms with Crippen molar-refractivity contribution >= 4 is 22.0 Å². The van der Waals surface area contributed by atoms with Crippen LogP contribution in [0.15, 0.2) is 22.7 Å². The first-order valence-electron chi connectivity index (χ1n) is 7.03. The predicted octanol–water partition coefficient (Wildman–Crippen LogP) is 4.83. The SMILES string of the molecule is Cc1ccc(Br)c(C2CCCN2C(=O)OC(C)(C)C)c1. The van der Waals surface area contributed by atoms with Gasteiger partial charge in [0.05, 0.1) is 6.04 Å². The molecule has 1 unspecified atom stereocenters. The van der Waals surface area contributed by atoms with Gasteiger partial charge in [-0.25, -0.2) is 4.79 Å². The zero-order valence-corrected chi connectivity index (χ0v) is 14.2. The minimum absolute atomic E-state index is 0.110. The fraction of sp³-hybridized carbons (Fsp3) is 0.562. The third-order valence-corrected chi connectivity index (χ3v) is 4.11. The molecule has 1 aromatic carbocycles. The molecule has 20 heavy (non-hydrogen) atoms. The largest absolute Gasteiger partial charge is 0.444 e. The van der Waals surface area contributed by atoms with E-state index in [2.05, 4.69) is 41.1 Å². The number of ether oxygens (including phenoxy) is 1. The number of halogens is 1. The number of nitrogens with zero attached hydrogens (tertiary/aromatic N) is 1. The second kappa shape index (κ2) is 5.76. The number of rotatable bonds is 1.